The second kappa shape index (κ2) is 8.44. The lowest BCUT2D eigenvalue weighted by Gasteiger charge is -2.40. The van der Waals surface area contributed by atoms with Gasteiger partial charge in [0.1, 0.15) is 5.82 Å². The van der Waals surface area contributed by atoms with Crippen molar-refractivity contribution in [2.24, 2.45) is 5.41 Å². The average molecular weight is 335 g/mol. The van der Waals surface area contributed by atoms with Gasteiger partial charge in [0.05, 0.1) is 5.41 Å². The highest BCUT2D eigenvalue weighted by Gasteiger charge is 2.41. The van der Waals surface area contributed by atoms with Gasteiger partial charge in [-0.15, -0.1) is 0 Å². The third kappa shape index (κ3) is 4.68. The van der Waals surface area contributed by atoms with Crippen molar-refractivity contribution in [3.05, 3.63) is 23.9 Å². The van der Waals surface area contributed by atoms with Crippen LogP contribution in [-0.4, -0.2) is 61.9 Å². The number of pyridine rings is 1. The topological polar surface area (TPSA) is 65.9 Å². The van der Waals surface area contributed by atoms with Gasteiger partial charge in [0.15, 0.2) is 0 Å². The van der Waals surface area contributed by atoms with Gasteiger partial charge in [-0.1, -0.05) is 6.07 Å². The molecular formula is C18H29N3O3. The Labute approximate surface area is 144 Å². The van der Waals surface area contributed by atoms with Gasteiger partial charge in [-0.25, -0.2) is 4.98 Å². The molecule has 0 aromatic carbocycles. The van der Waals surface area contributed by atoms with Crippen LogP contribution in [0.4, 0.5) is 5.82 Å². The molecule has 0 spiro atoms. The van der Waals surface area contributed by atoms with Gasteiger partial charge in [-0.3, -0.25) is 9.69 Å². The van der Waals surface area contributed by atoms with Crippen LogP contribution < -0.4 is 4.90 Å². The first-order valence-corrected chi connectivity index (χ1v) is 8.54. The number of piperidine rings is 1. The zero-order chi connectivity index (χ0) is 17.6. The van der Waals surface area contributed by atoms with Crippen LogP contribution in [0.2, 0.25) is 0 Å². The Hall–Kier alpha value is -1.66. The molecular weight excluding hydrogens is 306 g/mol. The highest BCUT2D eigenvalue weighted by molar-refractivity contribution is 5.75. The summed E-state index contributed by atoms with van der Waals surface area (Å²) in [5.41, 5.74) is 0.479. The van der Waals surface area contributed by atoms with Crippen molar-refractivity contribution in [1.29, 1.82) is 0 Å². The van der Waals surface area contributed by atoms with E-state index in [1.807, 2.05) is 31.3 Å². The Morgan fingerprint density at radius 1 is 1.46 bits per heavy atom. The lowest BCUT2D eigenvalue weighted by atomic mass is 9.76. The van der Waals surface area contributed by atoms with Crippen LogP contribution in [-0.2, 0) is 16.1 Å². The molecule has 6 nitrogen and oxygen atoms in total. The molecule has 0 amide bonds. The van der Waals surface area contributed by atoms with E-state index in [1.54, 1.807) is 7.11 Å². The molecule has 1 atom stereocenters. The van der Waals surface area contributed by atoms with Crippen LogP contribution in [0, 0.1) is 5.41 Å². The molecule has 24 heavy (non-hydrogen) atoms. The fraction of sp³-hybridized carbons (Fsp3) is 0.667. The van der Waals surface area contributed by atoms with Gasteiger partial charge in [-0.05, 0) is 43.9 Å². The number of nitrogens with zero attached hydrogens (tertiary/aromatic N) is 3. The minimum atomic E-state index is -0.676. The lowest BCUT2D eigenvalue weighted by molar-refractivity contribution is -0.153. The molecule has 2 rings (SSSR count). The van der Waals surface area contributed by atoms with E-state index in [2.05, 4.69) is 16.0 Å². The largest absolute Gasteiger partial charge is 0.481 e. The molecule has 1 saturated heterocycles. The maximum atomic E-state index is 11.9. The Bertz CT molecular complexity index is 533. The predicted octanol–water partition coefficient (Wildman–Crippen LogP) is 2.24. The van der Waals surface area contributed by atoms with Gasteiger partial charge < -0.3 is 14.7 Å². The Morgan fingerprint density at radius 2 is 2.25 bits per heavy atom. The van der Waals surface area contributed by atoms with Gasteiger partial charge in [0, 0.05) is 47.1 Å². The molecule has 1 aliphatic rings. The number of ether oxygens (including phenoxy) is 1. The molecule has 0 saturated carbocycles. The Morgan fingerprint density at radius 3 is 2.83 bits per heavy atom. The SMILES string of the molecule is COCCCC1(C(=O)O)CCCN(Cc2ccc(N(C)C)nc2)C1. The maximum absolute atomic E-state index is 11.9. The lowest BCUT2D eigenvalue weighted by Crippen LogP contribution is -2.47. The van der Waals surface area contributed by atoms with Crippen molar-refractivity contribution in [3.8, 4) is 0 Å². The quantitative estimate of drug-likeness (QED) is 0.735. The molecule has 1 aliphatic heterocycles. The molecule has 6 heteroatoms. The van der Waals surface area contributed by atoms with Crippen LogP contribution in [0.25, 0.3) is 0 Å². The number of aliphatic carboxylic acids is 1. The first-order valence-electron chi connectivity index (χ1n) is 8.54. The third-order valence-corrected chi connectivity index (χ3v) is 4.79. The predicted molar refractivity (Wildman–Crippen MR) is 94.3 cm³/mol. The summed E-state index contributed by atoms with van der Waals surface area (Å²) in [7, 11) is 5.59. The Balaban J connectivity index is 2.01. The van der Waals surface area contributed by atoms with E-state index < -0.39 is 11.4 Å². The summed E-state index contributed by atoms with van der Waals surface area (Å²) in [6.45, 7) is 2.90. The summed E-state index contributed by atoms with van der Waals surface area (Å²) in [6, 6.07) is 4.08. The summed E-state index contributed by atoms with van der Waals surface area (Å²) in [5, 5.41) is 9.78. The fourth-order valence-electron chi connectivity index (χ4n) is 3.44. The summed E-state index contributed by atoms with van der Waals surface area (Å²) < 4.78 is 5.09. The molecule has 134 valence electrons. The maximum Gasteiger partial charge on any atom is 0.310 e. The minimum Gasteiger partial charge on any atom is -0.481 e. The molecule has 1 N–H and O–H groups in total. The van der Waals surface area contributed by atoms with E-state index in [9.17, 15) is 9.90 Å². The number of aromatic nitrogens is 1. The van der Waals surface area contributed by atoms with Gasteiger partial charge >= 0.3 is 5.97 Å². The van der Waals surface area contributed by atoms with E-state index in [0.29, 0.717) is 19.6 Å². The molecule has 1 aromatic rings. The second-order valence-electron chi connectivity index (χ2n) is 6.92. The van der Waals surface area contributed by atoms with E-state index >= 15 is 0 Å². The molecule has 1 aromatic heterocycles. The smallest absolute Gasteiger partial charge is 0.310 e. The number of carboxylic acid groups (broad SMARTS) is 1. The molecule has 2 heterocycles. The molecule has 0 bridgehead atoms. The van der Waals surface area contributed by atoms with Crippen LogP contribution in [0.15, 0.2) is 18.3 Å². The summed E-state index contributed by atoms with van der Waals surface area (Å²) >= 11 is 0. The van der Waals surface area contributed by atoms with Crippen molar-refractivity contribution in [1.82, 2.24) is 9.88 Å². The third-order valence-electron chi connectivity index (χ3n) is 4.79. The number of hydrogen-bond acceptors (Lipinski definition) is 5. The molecule has 1 unspecified atom stereocenters. The van der Waals surface area contributed by atoms with Crippen LogP contribution >= 0.6 is 0 Å². The van der Waals surface area contributed by atoms with E-state index in [1.165, 1.54) is 0 Å². The minimum absolute atomic E-state index is 0.599. The highest BCUT2D eigenvalue weighted by atomic mass is 16.5. The normalized spacial score (nSPS) is 21.6. The van der Waals surface area contributed by atoms with E-state index in [-0.39, 0.29) is 0 Å². The monoisotopic (exact) mass is 335 g/mol. The van der Waals surface area contributed by atoms with Crippen molar-refractivity contribution in [2.45, 2.75) is 32.2 Å². The zero-order valence-electron chi connectivity index (χ0n) is 15.0. The standard InChI is InChI=1S/C18H29N3O3/c1-20(2)16-7-6-15(12-19-16)13-21-10-4-8-18(14-21,17(22)23)9-5-11-24-3/h6-7,12H,4-5,8-11,13-14H2,1-3H3,(H,22,23). The number of carbonyl (C=O) groups is 1. The number of anilines is 1. The van der Waals surface area contributed by atoms with Crippen molar-refractivity contribution >= 4 is 11.8 Å². The fourth-order valence-corrected chi connectivity index (χ4v) is 3.44. The number of hydrogen-bond donors (Lipinski definition) is 1. The van der Waals surface area contributed by atoms with Crippen molar-refractivity contribution in [2.75, 3.05) is 45.8 Å². The molecule has 0 aliphatic carbocycles. The summed E-state index contributed by atoms with van der Waals surface area (Å²) in [4.78, 5) is 20.6. The van der Waals surface area contributed by atoms with Crippen LogP contribution in [0.5, 0.6) is 0 Å². The Kier molecular flexibility index (Phi) is 6.57. The van der Waals surface area contributed by atoms with Gasteiger partial charge in [0.25, 0.3) is 0 Å². The number of likely N-dealkylation sites (tertiary alicyclic amines) is 1. The van der Waals surface area contributed by atoms with Crippen LogP contribution in [0.3, 0.4) is 0 Å². The number of rotatable bonds is 8. The van der Waals surface area contributed by atoms with E-state index in [4.69, 9.17) is 4.74 Å². The zero-order valence-corrected chi connectivity index (χ0v) is 15.0. The number of carboxylic acids is 1. The average Bonchev–Trinajstić information content (AvgIpc) is 2.56. The summed E-state index contributed by atoms with van der Waals surface area (Å²) in [6.07, 6.45) is 5.01. The van der Waals surface area contributed by atoms with Crippen molar-refractivity contribution < 1.29 is 14.6 Å². The number of methoxy groups -OCH3 is 1. The van der Waals surface area contributed by atoms with Gasteiger partial charge in [0.2, 0.25) is 0 Å². The first kappa shape index (κ1) is 18.7. The second-order valence-corrected chi connectivity index (χ2v) is 6.92. The molecule has 1 fully saturated rings. The first-order chi connectivity index (χ1) is 11.5. The highest BCUT2D eigenvalue weighted by Crippen LogP contribution is 2.35. The van der Waals surface area contributed by atoms with E-state index in [0.717, 1.165) is 43.7 Å². The van der Waals surface area contributed by atoms with Gasteiger partial charge in [-0.2, -0.15) is 0 Å². The summed E-state index contributed by atoms with van der Waals surface area (Å²) in [5.74, 6) is 0.251. The van der Waals surface area contributed by atoms with Crippen molar-refractivity contribution in [3.63, 3.8) is 0 Å². The van der Waals surface area contributed by atoms with Crippen LogP contribution in [0.1, 0.15) is 31.2 Å². The molecule has 0 radical (unpaired) electrons.